The SMILES string of the molecule is CN(C)C(=O)c1nc2c(N)ncnc2n1[C@H]1CC[C@@H](CO)C1. The third-order valence-electron chi connectivity index (χ3n) is 4.24. The molecule has 2 aromatic rings. The quantitative estimate of drug-likeness (QED) is 0.851. The van der Waals surface area contributed by atoms with Gasteiger partial charge in [-0.25, -0.2) is 15.0 Å². The summed E-state index contributed by atoms with van der Waals surface area (Å²) in [6, 6.07) is 0.0929. The van der Waals surface area contributed by atoms with E-state index in [-0.39, 0.29) is 30.3 Å². The number of hydrogen-bond acceptors (Lipinski definition) is 6. The summed E-state index contributed by atoms with van der Waals surface area (Å²) in [4.78, 5) is 26.6. The Hall–Kier alpha value is -2.22. The highest BCUT2D eigenvalue weighted by atomic mass is 16.3. The van der Waals surface area contributed by atoms with Gasteiger partial charge in [0.1, 0.15) is 6.33 Å². The number of carbonyl (C=O) groups excluding carboxylic acids is 1. The van der Waals surface area contributed by atoms with Gasteiger partial charge in [0.2, 0.25) is 5.82 Å². The van der Waals surface area contributed by atoms with Crippen molar-refractivity contribution < 1.29 is 9.90 Å². The molecule has 118 valence electrons. The number of aromatic nitrogens is 4. The maximum atomic E-state index is 12.5. The molecule has 0 aromatic carbocycles. The van der Waals surface area contributed by atoms with Gasteiger partial charge in [0.25, 0.3) is 5.91 Å². The fraction of sp³-hybridized carbons (Fsp3) is 0.571. The second-order valence-electron chi connectivity index (χ2n) is 5.95. The molecule has 8 nitrogen and oxygen atoms in total. The number of aliphatic hydroxyl groups is 1. The molecule has 3 rings (SSSR count). The van der Waals surface area contributed by atoms with E-state index in [9.17, 15) is 9.90 Å². The zero-order valence-electron chi connectivity index (χ0n) is 12.7. The molecule has 2 atom stereocenters. The van der Waals surface area contributed by atoms with Crippen LogP contribution in [-0.2, 0) is 0 Å². The predicted molar refractivity (Wildman–Crippen MR) is 81.2 cm³/mol. The second-order valence-corrected chi connectivity index (χ2v) is 5.95. The minimum Gasteiger partial charge on any atom is -0.396 e. The van der Waals surface area contributed by atoms with Crippen LogP contribution in [0, 0.1) is 5.92 Å². The topological polar surface area (TPSA) is 110 Å². The van der Waals surface area contributed by atoms with Crippen molar-refractivity contribution >= 4 is 22.9 Å². The van der Waals surface area contributed by atoms with E-state index in [1.807, 2.05) is 4.57 Å². The Morgan fingerprint density at radius 1 is 1.45 bits per heavy atom. The number of fused-ring (bicyclic) bond motifs is 1. The molecule has 0 aliphatic heterocycles. The maximum absolute atomic E-state index is 12.5. The van der Waals surface area contributed by atoms with Crippen molar-refractivity contribution in [2.45, 2.75) is 25.3 Å². The van der Waals surface area contributed by atoms with Crippen molar-refractivity contribution in [1.82, 2.24) is 24.4 Å². The fourth-order valence-corrected chi connectivity index (χ4v) is 3.07. The summed E-state index contributed by atoms with van der Waals surface area (Å²) in [5.74, 6) is 0.665. The number of anilines is 1. The normalized spacial score (nSPS) is 21.4. The lowest BCUT2D eigenvalue weighted by Crippen LogP contribution is -2.26. The molecule has 1 saturated carbocycles. The summed E-state index contributed by atoms with van der Waals surface area (Å²) in [7, 11) is 3.37. The number of nitrogens with two attached hydrogens (primary N) is 1. The van der Waals surface area contributed by atoms with E-state index in [1.54, 1.807) is 14.1 Å². The lowest BCUT2D eigenvalue weighted by atomic mass is 10.1. The number of imidazole rings is 1. The lowest BCUT2D eigenvalue weighted by molar-refractivity contribution is 0.0809. The van der Waals surface area contributed by atoms with Gasteiger partial charge < -0.3 is 20.3 Å². The molecular weight excluding hydrogens is 284 g/mol. The predicted octanol–water partition coefficient (Wildman–Crippen LogP) is 0.444. The summed E-state index contributed by atoms with van der Waals surface area (Å²) in [5, 5.41) is 9.36. The van der Waals surface area contributed by atoms with Gasteiger partial charge in [-0.1, -0.05) is 0 Å². The molecule has 0 radical (unpaired) electrons. The van der Waals surface area contributed by atoms with Crippen LogP contribution in [0.15, 0.2) is 6.33 Å². The molecule has 22 heavy (non-hydrogen) atoms. The number of nitrogen functional groups attached to an aromatic ring is 1. The standard InChI is InChI=1S/C14H20N6O2/c1-19(2)14(22)13-18-10-11(15)16-7-17-12(10)20(13)9-4-3-8(5-9)6-21/h7-9,21H,3-6H2,1-2H3,(H2,15,16,17)/t8-,9+/m1/s1. The average Bonchev–Trinajstić information content (AvgIpc) is 3.10. The second kappa shape index (κ2) is 5.53. The van der Waals surface area contributed by atoms with E-state index < -0.39 is 0 Å². The van der Waals surface area contributed by atoms with Crippen LogP contribution < -0.4 is 5.73 Å². The van der Waals surface area contributed by atoms with Crippen molar-refractivity contribution in [3.05, 3.63) is 12.2 Å². The Kier molecular flexibility index (Phi) is 3.69. The molecule has 0 unspecified atom stereocenters. The minimum absolute atomic E-state index is 0.0929. The van der Waals surface area contributed by atoms with Gasteiger partial charge >= 0.3 is 0 Å². The number of nitrogens with zero attached hydrogens (tertiary/aromatic N) is 5. The highest BCUT2D eigenvalue weighted by molar-refractivity contribution is 5.95. The first kappa shape index (κ1) is 14.7. The molecule has 1 aliphatic rings. The van der Waals surface area contributed by atoms with Crippen molar-refractivity contribution in [2.75, 3.05) is 26.4 Å². The number of hydrogen-bond donors (Lipinski definition) is 2. The third kappa shape index (κ3) is 2.29. The highest BCUT2D eigenvalue weighted by Gasteiger charge is 2.31. The van der Waals surface area contributed by atoms with E-state index in [0.29, 0.717) is 17.0 Å². The van der Waals surface area contributed by atoms with E-state index in [4.69, 9.17) is 5.73 Å². The molecule has 2 heterocycles. The molecule has 8 heteroatoms. The molecule has 0 bridgehead atoms. The van der Waals surface area contributed by atoms with Crippen molar-refractivity contribution in [3.63, 3.8) is 0 Å². The lowest BCUT2D eigenvalue weighted by Gasteiger charge is -2.17. The van der Waals surface area contributed by atoms with Crippen LogP contribution in [0.1, 0.15) is 35.9 Å². The van der Waals surface area contributed by atoms with Crippen molar-refractivity contribution in [1.29, 1.82) is 0 Å². The Labute approximate surface area is 128 Å². The molecular formula is C14H20N6O2. The van der Waals surface area contributed by atoms with Gasteiger partial charge in [0, 0.05) is 26.7 Å². The first-order valence-corrected chi connectivity index (χ1v) is 7.33. The first-order chi connectivity index (χ1) is 10.5. The summed E-state index contributed by atoms with van der Waals surface area (Å²) in [6.45, 7) is 0.164. The summed E-state index contributed by atoms with van der Waals surface area (Å²) in [6.07, 6.45) is 4.00. The summed E-state index contributed by atoms with van der Waals surface area (Å²) in [5.41, 5.74) is 6.92. The third-order valence-corrected chi connectivity index (χ3v) is 4.24. The van der Waals surface area contributed by atoms with Gasteiger partial charge in [0.05, 0.1) is 0 Å². The molecule has 1 amide bonds. The Morgan fingerprint density at radius 2 is 2.23 bits per heavy atom. The van der Waals surface area contributed by atoms with Crippen LogP contribution >= 0.6 is 0 Å². The Morgan fingerprint density at radius 3 is 2.86 bits per heavy atom. The molecule has 0 saturated heterocycles. The van der Waals surface area contributed by atoms with Gasteiger partial charge in [-0.05, 0) is 25.2 Å². The molecule has 3 N–H and O–H groups in total. The largest absolute Gasteiger partial charge is 0.396 e. The maximum Gasteiger partial charge on any atom is 0.289 e. The monoisotopic (exact) mass is 304 g/mol. The van der Waals surface area contributed by atoms with Crippen LogP contribution in [0.5, 0.6) is 0 Å². The minimum atomic E-state index is -0.190. The number of carbonyl (C=O) groups is 1. The van der Waals surface area contributed by atoms with E-state index >= 15 is 0 Å². The fourth-order valence-electron chi connectivity index (χ4n) is 3.07. The van der Waals surface area contributed by atoms with E-state index in [1.165, 1.54) is 11.2 Å². The van der Waals surface area contributed by atoms with E-state index in [0.717, 1.165) is 19.3 Å². The number of rotatable bonds is 3. The average molecular weight is 304 g/mol. The van der Waals surface area contributed by atoms with Crippen LogP contribution in [0.25, 0.3) is 11.2 Å². The van der Waals surface area contributed by atoms with E-state index in [2.05, 4.69) is 15.0 Å². The zero-order valence-corrected chi connectivity index (χ0v) is 12.7. The van der Waals surface area contributed by atoms with Crippen molar-refractivity contribution in [3.8, 4) is 0 Å². The smallest absolute Gasteiger partial charge is 0.289 e. The van der Waals surface area contributed by atoms with Crippen LogP contribution in [-0.4, -0.2) is 56.1 Å². The molecule has 0 spiro atoms. The first-order valence-electron chi connectivity index (χ1n) is 7.33. The highest BCUT2D eigenvalue weighted by Crippen LogP contribution is 2.37. The van der Waals surface area contributed by atoms with Gasteiger partial charge in [0.15, 0.2) is 17.0 Å². The van der Waals surface area contributed by atoms with Gasteiger partial charge in [-0.15, -0.1) is 0 Å². The van der Waals surface area contributed by atoms with Crippen molar-refractivity contribution in [2.24, 2.45) is 5.92 Å². The summed E-state index contributed by atoms with van der Waals surface area (Å²) >= 11 is 0. The van der Waals surface area contributed by atoms with Gasteiger partial charge in [-0.2, -0.15) is 0 Å². The van der Waals surface area contributed by atoms with Crippen LogP contribution in [0.4, 0.5) is 5.82 Å². The Balaban J connectivity index is 2.15. The molecule has 1 aliphatic carbocycles. The van der Waals surface area contributed by atoms with Crippen LogP contribution in [0.2, 0.25) is 0 Å². The number of aliphatic hydroxyl groups excluding tert-OH is 1. The zero-order chi connectivity index (χ0) is 15.9. The molecule has 2 aromatic heterocycles. The van der Waals surface area contributed by atoms with Crippen LogP contribution in [0.3, 0.4) is 0 Å². The van der Waals surface area contributed by atoms with Gasteiger partial charge in [-0.3, -0.25) is 4.79 Å². The summed E-state index contributed by atoms with van der Waals surface area (Å²) < 4.78 is 1.87. The molecule has 1 fully saturated rings. The number of amides is 1. The Bertz CT molecular complexity index is 711.